The molecule has 2 aromatic rings. The molecule has 1 fully saturated rings. The van der Waals surface area contributed by atoms with Crippen LogP contribution in [0.2, 0.25) is 0 Å². The van der Waals surface area contributed by atoms with E-state index in [1.54, 1.807) is 0 Å². The number of rotatable bonds is 3. The molecule has 1 aliphatic carbocycles. The Kier molecular flexibility index (Phi) is 3.92. The van der Waals surface area contributed by atoms with Crippen molar-refractivity contribution in [1.29, 1.82) is 0 Å². The maximum atomic E-state index is 5.89. The molecule has 1 heterocycles. The highest BCUT2D eigenvalue weighted by Gasteiger charge is 2.25. The minimum Gasteiger partial charge on any atom is -0.399 e. The van der Waals surface area contributed by atoms with Crippen LogP contribution in [0.3, 0.4) is 0 Å². The summed E-state index contributed by atoms with van der Waals surface area (Å²) in [5, 5.41) is 0.796. The van der Waals surface area contributed by atoms with E-state index in [1.165, 1.54) is 37.0 Å². The number of imidazole rings is 1. The third-order valence-electron chi connectivity index (χ3n) is 4.40. The van der Waals surface area contributed by atoms with Gasteiger partial charge in [0.15, 0.2) is 0 Å². The van der Waals surface area contributed by atoms with Gasteiger partial charge in [0, 0.05) is 23.4 Å². The second-order valence-corrected chi connectivity index (χ2v) is 6.82. The average molecular weight is 289 g/mol. The minimum atomic E-state index is 0.602. The van der Waals surface area contributed by atoms with Gasteiger partial charge in [-0.15, -0.1) is 0 Å². The number of hydrogen-bond donors (Lipinski definition) is 1. The number of anilines is 1. The number of fused-ring (bicyclic) bond motifs is 1. The molecule has 0 radical (unpaired) electrons. The lowest BCUT2D eigenvalue weighted by molar-refractivity contribution is 0.360. The predicted octanol–water partition coefficient (Wildman–Crippen LogP) is 4.03. The zero-order valence-electron chi connectivity index (χ0n) is 12.3. The SMILES string of the molecule is CCc1nc2cc(N)ccc2n1C1CCCC(SC)C1. The fraction of sp³-hybridized carbons (Fsp3) is 0.562. The van der Waals surface area contributed by atoms with Crippen molar-refractivity contribution in [2.45, 2.75) is 50.3 Å². The lowest BCUT2D eigenvalue weighted by atomic mass is 9.94. The van der Waals surface area contributed by atoms with Crippen molar-refractivity contribution in [3.63, 3.8) is 0 Å². The highest BCUT2D eigenvalue weighted by molar-refractivity contribution is 7.99. The van der Waals surface area contributed by atoms with Crippen LogP contribution in [0, 0.1) is 0 Å². The van der Waals surface area contributed by atoms with E-state index in [1.807, 2.05) is 23.9 Å². The summed E-state index contributed by atoms with van der Waals surface area (Å²) in [6.07, 6.45) is 8.45. The standard InChI is InChI=1S/C16H23N3S/c1-3-16-18-14-9-11(17)7-8-15(14)19(16)12-5-4-6-13(10-12)20-2/h7-9,12-13H,3-6,10,17H2,1-2H3. The molecule has 0 aliphatic heterocycles. The van der Waals surface area contributed by atoms with Crippen LogP contribution in [-0.4, -0.2) is 21.1 Å². The van der Waals surface area contributed by atoms with Crippen molar-refractivity contribution in [3.8, 4) is 0 Å². The van der Waals surface area contributed by atoms with Gasteiger partial charge in [-0.25, -0.2) is 4.98 Å². The van der Waals surface area contributed by atoms with Crippen LogP contribution < -0.4 is 5.73 Å². The molecule has 20 heavy (non-hydrogen) atoms. The molecule has 4 heteroatoms. The van der Waals surface area contributed by atoms with Crippen molar-refractivity contribution in [2.24, 2.45) is 0 Å². The van der Waals surface area contributed by atoms with E-state index in [4.69, 9.17) is 10.7 Å². The first-order valence-electron chi connectivity index (χ1n) is 7.52. The third kappa shape index (κ3) is 2.41. The van der Waals surface area contributed by atoms with Gasteiger partial charge in [0.05, 0.1) is 11.0 Å². The Morgan fingerprint density at radius 3 is 3.00 bits per heavy atom. The molecule has 2 unspecified atom stereocenters. The molecule has 0 saturated heterocycles. The molecule has 3 nitrogen and oxygen atoms in total. The van der Waals surface area contributed by atoms with Gasteiger partial charge in [0.1, 0.15) is 5.82 Å². The van der Waals surface area contributed by atoms with E-state index in [-0.39, 0.29) is 0 Å². The molecule has 2 atom stereocenters. The highest BCUT2D eigenvalue weighted by atomic mass is 32.2. The molecule has 2 N–H and O–H groups in total. The Bertz CT molecular complexity index is 605. The molecule has 3 rings (SSSR count). The highest BCUT2D eigenvalue weighted by Crippen LogP contribution is 2.37. The van der Waals surface area contributed by atoms with Crippen molar-refractivity contribution in [1.82, 2.24) is 9.55 Å². The molecule has 0 amide bonds. The third-order valence-corrected chi connectivity index (χ3v) is 5.49. The van der Waals surface area contributed by atoms with Crippen LogP contribution in [0.15, 0.2) is 18.2 Å². The number of aromatic nitrogens is 2. The van der Waals surface area contributed by atoms with Crippen molar-refractivity contribution < 1.29 is 0 Å². The number of aryl methyl sites for hydroxylation is 1. The van der Waals surface area contributed by atoms with Gasteiger partial charge in [-0.3, -0.25) is 0 Å². The van der Waals surface area contributed by atoms with Crippen LogP contribution in [0.5, 0.6) is 0 Å². The van der Waals surface area contributed by atoms with E-state index < -0.39 is 0 Å². The second kappa shape index (κ2) is 5.68. The predicted molar refractivity (Wildman–Crippen MR) is 88.3 cm³/mol. The number of nitrogens with zero attached hydrogens (tertiary/aromatic N) is 2. The average Bonchev–Trinajstić information content (AvgIpc) is 2.84. The largest absolute Gasteiger partial charge is 0.399 e. The molecule has 1 aromatic heterocycles. The summed E-state index contributed by atoms with van der Waals surface area (Å²) < 4.78 is 2.48. The van der Waals surface area contributed by atoms with Gasteiger partial charge >= 0.3 is 0 Å². The first-order valence-corrected chi connectivity index (χ1v) is 8.80. The molecule has 1 saturated carbocycles. The first kappa shape index (κ1) is 13.8. The summed E-state index contributed by atoms with van der Waals surface area (Å²) in [4.78, 5) is 4.79. The normalized spacial score (nSPS) is 23.3. The van der Waals surface area contributed by atoms with E-state index in [2.05, 4.69) is 23.8 Å². The fourth-order valence-corrected chi connectivity index (χ4v) is 4.21. The first-order chi connectivity index (χ1) is 9.72. The van der Waals surface area contributed by atoms with Crippen molar-refractivity contribution in [2.75, 3.05) is 12.0 Å². The Hall–Kier alpha value is -1.16. The van der Waals surface area contributed by atoms with Gasteiger partial charge in [0.2, 0.25) is 0 Å². The summed E-state index contributed by atoms with van der Waals surface area (Å²) in [6.45, 7) is 2.19. The van der Waals surface area contributed by atoms with Gasteiger partial charge in [-0.05, 0) is 43.7 Å². The number of thioether (sulfide) groups is 1. The van der Waals surface area contributed by atoms with E-state index >= 15 is 0 Å². The molecule has 1 aliphatic rings. The summed E-state index contributed by atoms with van der Waals surface area (Å²) in [6, 6.07) is 6.73. The number of hydrogen-bond acceptors (Lipinski definition) is 3. The van der Waals surface area contributed by atoms with Gasteiger partial charge in [0.25, 0.3) is 0 Å². The molecule has 1 aromatic carbocycles. The zero-order valence-corrected chi connectivity index (χ0v) is 13.1. The molecular weight excluding hydrogens is 266 g/mol. The van der Waals surface area contributed by atoms with Crippen LogP contribution in [0.4, 0.5) is 5.69 Å². The fourth-order valence-electron chi connectivity index (χ4n) is 3.39. The molecule has 0 spiro atoms. The topological polar surface area (TPSA) is 43.8 Å². The minimum absolute atomic E-state index is 0.602. The van der Waals surface area contributed by atoms with Crippen LogP contribution in [-0.2, 0) is 6.42 Å². The van der Waals surface area contributed by atoms with Crippen LogP contribution in [0.1, 0.15) is 44.5 Å². The summed E-state index contributed by atoms with van der Waals surface area (Å²) in [5.74, 6) is 1.21. The zero-order chi connectivity index (χ0) is 14.1. The Labute approximate surface area is 124 Å². The molecule has 0 bridgehead atoms. The van der Waals surface area contributed by atoms with E-state index in [9.17, 15) is 0 Å². The monoisotopic (exact) mass is 289 g/mol. The lowest BCUT2D eigenvalue weighted by Gasteiger charge is -2.30. The second-order valence-electron chi connectivity index (χ2n) is 5.68. The van der Waals surface area contributed by atoms with Gasteiger partial charge < -0.3 is 10.3 Å². The number of nitrogen functional groups attached to an aromatic ring is 1. The Balaban J connectivity index is 2.04. The lowest BCUT2D eigenvalue weighted by Crippen LogP contribution is -2.22. The summed E-state index contributed by atoms with van der Waals surface area (Å²) >= 11 is 2.01. The Morgan fingerprint density at radius 2 is 2.25 bits per heavy atom. The van der Waals surface area contributed by atoms with E-state index in [0.29, 0.717) is 6.04 Å². The Morgan fingerprint density at radius 1 is 1.40 bits per heavy atom. The van der Waals surface area contributed by atoms with Crippen LogP contribution in [0.25, 0.3) is 11.0 Å². The maximum absolute atomic E-state index is 5.89. The number of benzene rings is 1. The maximum Gasteiger partial charge on any atom is 0.109 e. The number of nitrogens with two attached hydrogens (primary N) is 1. The smallest absolute Gasteiger partial charge is 0.109 e. The van der Waals surface area contributed by atoms with Crippen molar-refractivity contribution >= 4 is 28.5 Å². The summed E-state index contributed by atoms with van der Waals surface area (Å²) in [5.41, 5.74) is 9.00. The van der Waals surface area contributed by atoms with Gasteiger partial charge in [-0.1, -0.05) is 13.3 Å². The molecular formula is C16H23N3S. The molecule has 108 valence electrons. The van der Waals surface area contributed by atoms with Gasteiger partial charge in [-0.2, -0.15) is 11.8 Å². The van der Waals surface area contributed by atoms with Crippen molar-refractivity contribution in [3.05, 3.63) is 24.0 Å². The van der Waals surface area contributed by atoms with E-state index in [0.717, 1.165) is 22.9 Å². The summed E-state index contributed by atoms with van der Waals surface area (Å²) in [7, 11) is 0. The van der Waals surface area contributed by atoms with Crippen LogP contribution >= 0.6 is 11.8 Å². The quantitative estimate of drug-likeness (QED) is 0.868.